The van der Waals surface area contributed by atoms with Crippen LogP contribution in [0, 0.1) is 0 Å². The molecule has 2 amide bonds. The van der Waals surface area contributed by atoms with Crippen LogP contribution in [0.5, 0.6) is 0 Å². The third-order valence-electron chi connectivity index (χ3n) is 3.53. The number of benzene rings is 1. The predicted octanol–water partition coefficient (Wildman–Crippen LogP) is 2.96. The molecule has 6 heteroatoms. The highest BCUT2D eigenvalue weighted by Gasteiger charge is 2.27. The highest BCUT2D eigenvalue weighted by atomic mass is 35.5. The average molecular weight is 339 g/mol. The molecule has 0 N–H and O–H groups in total. The van der Waals surface area contributed by atoms with E-state index in [1.54, 1.807) is 21.9 Å². The largest absolute Gasteiger partial charge is 0.444 e. The minimum atomic E-state index is -0.503. The first kappa shape index (κ1) is 17.6. The van der Waals surface area contributed by atoms with E-state index >= 15 is 0 Å². The summed E-state index contributed by atoms with van der Waals surface area (Å²) in [6.07, 6.45) is 0.00642. The van der Waals surface area contributed by atoms with Gasteiger partial charge in [0.2, 0.25) is 5.91 Å². The highest BCUT2D eigenvalue weighted by Crippen LogP contribution is 2.14. The van der Waals surface area contributed by atoms with E-state index in [0.29, 0.717) is 37.6 Å². The Balaban J connectivity index is 1.84. The molecule has 1 aliphatic heterocycles. The van der Waals surface area contributed by atoms with Crippen molar-refractivity contribution >= 4 is 23.6 Å². The van der Waals surface area contributed by atoms with Crippen LogP contribution in [0.3, 0.4) is 0 Å². The molecule has 0 aliphatic carbocycles. The van der Waals surface area contributed by atoms with Crippen LogP contribution in [-0.2, 0) is 16.0 Å². The molecule has 2 rings (SSSR count). The molecule has 1 aromatic rings. The van der Waals surface area contributed by atoms with Crippen LogP contribution in [0.2, 0.25) is 5.02 Å². The molecule has 0 aromatic heterocycles. The van der Waals surface area contributed by atoms with Crippen molar-refractivity contribution in [3.8, 4) is 0 Å². The Hall–Kier alpha value is -1.75. The maximum Gasteiger partial charge on any atom is 0.410 e. The number of hydrogen-bond acceptors (Lipinski definition) is 3. The van der Waals surface area contributed by atoms with Gasteiger partial charge in [-0.05, 0) is 38.5 Å². The monoisotopic (exact) mass is 338 g/mol. The Morgan fingerprint density at radius 1 is 1.13 bits per heavy atom. The fourth-order valence-electron chi connectivity index (χ4n) is 2.40. The second kappa shape index (κ2) is 7.21. The van der Waals surface area contributed by atoms with Crippen LogP contribution >= 0.6 is 11.6 Å². The predicted molar refractivity (Wildman–Crippen MR) is 89.5 cm³/mol. The summed E-state index contributed by atoms with van der Waals surface area (Å²) < 4.78 is 5.35. The van der Waals surface area contributed by atoms with Crippen molar-refractivity contribution in [2.24, 2.45) is 0 Å². The molecule has 0 bridgehead atoms. The van der Waals surface area contributed by atoms with Crippen molar-refractivity contribution in [1.29, 1.82) is 0 Å². The molecule has 23 heavy (non-hydrogen) atoms. The van der Waals surface area contributed by atoms with E-state index in [0.717, 1.165) is 5.56 Å². The van der Waals surface area contributed by atoms with Gasteiger partial charge in [0.1, 0.15) is 5.60 Å². The lowest BCUT2D eigenvalue weighted by Crippen LogP contribution is -2.51. The van der Waals surface area contributed by atoms with Gasteiger partial charge in [0.25, 0.3) is 0 Å². The summed E-state index contributed by atoms with van der Waals surface area (Å²) in [7, 11) is 0. The summed E-state index contributed by atoms with van der Waals surface area (Å²) in [6.45, 7) is 7.57. The maximum absolute atomic E-state index is 12.3. The van der Waals surface area contributed by atoms with Gasteiger partial charge in [-0.3, -0.25) is 4.79 Å². The minimum absolute atomic E-state index is 0.0519. The SMILES string of the molecule is CC(C)(C)OC(=O)N1CCN(C(=O)Cc2cccc(Cl)c2)CC1. The molecule has 0 spiro atoms. The fourth-order valence-corrected chi connectivity index (χ4v) is 2.61. The van der Waals surface area contributed by atoms with Crippen molar-refractivity contribution in [2.75, 3.05) is 26.2 Å². The van der Waals surface area contributed by atoms with Gasteiger partial charge in [0.05, 0.1) is 6.42 Å². The van der Waals surface area contributed by atoms with Gasteiger partial charge in [-0.25, -0.2) is 4.79 Å². The topological polar surface area (TPSA) is 49.9 Å². The van der Waals surface area contributed by atoms with Crippen LogP contribution in [-0.4, -0.2) is 53.6 Å². The lowest BCUT2D eigenvalue weighted by atomic mass is 10.1. The number of piperazine rings is 1. The van der Waals surface area contributed by atoms with E-state index in [4.69, 9.17) is 16.3 Å². The number of ether oxygens (including phenoxy) is 1. The van der Waals surface area contributed by atoms with Crippen LogP contribution in [0.1, 0.15) is 26.3 Å². The standard InChI is InChI=1S/C17H23ClN2O3/c1-17(2,3)23-16(22)20-9-7-19(8-10-20)15(21)12-13-5-4-6-14(18)11-13/h4-6,11H,7-10,12H2,1-3H3. The first-order valence-electron chi connectivity index (χ1n) is 7.75. The summed E-state index contributed by atoms with van der Waals surface area (Å²) in [5.74, 6) is 0.0519. The normalized spacial score (nSPS) is 15.5. The molecule has 1 saturated heterocycles. The second-order valence-corrected chi connectivity index (χ2v) is 7.09. The Kier molecular flexibility index (Phi) is 5.52. The number of hydrogen-bond donors (Lipinski definition) is 0. The van der Waals surface area contributed by atoms with E-state index in [-0.39, 0.29) is 12.0 Å². The summed E-state index contributed by atoms with van der Waals surface area (Å²) >= 11 is 5.94. The van der Waals surface area contributed by atoms with Crippen molar-refractivity contribution in [2.45, 2.75) is 32.8 Å². The molecular weight excluding hydrogens is 316 g/mol. The Morgan fingerprint density at radius 3 is 2.30 bits per heavy atom. The summed E-state index contributed by atoms with van der Waals surface area (Å²) in [5, 5.41) is 0.630. The van der Waals surface area contributed by atoms with Crippen LogP contribution < -0.4 is 0 Å². The van der Waals surface area contributed by atoms with Crippen molar-refractivity contribution in [3.05, 3.63) is 34.9 Å². The molecule has 1 heterocycles. The molecule has 0 radical (unpaired) electrons. The first-order valence-corrected chi connectivity index (χ1v) is 8.12. The van der Waals surface area contributed by atoms with E-state index in [9.17, 15) is 9.59 Å². The number of nitrogens with zero attached hydrogens (tertiary/aromatic N) is 2. The Bertz CT molecular complexity index is 575. The number of rotatable bonds is 2. The van der Waals surface area contributed by atoms with Gasteiger partial charge >= 0.3 is 6.09 Å². The average Bonchev–Trinajstić information content (AvgIpc) is 2.45. The van der Waals surface area contributed by atoms with Crippen molar-refractivity contribution in [3.63, 3.8) is 0 Å². The highest BCUT2D eigenvalue weighted by molar-refractivity contribution is 6.30. The minimum Gasteiger partial charge on any atom is -0.444 e. The van der Waals surface area contributed by atoms with Crippen LogP contribution in [0.25, 0.3) is 0 Å². The zero-order valence-electron chi connectivity index (χ0n) is 13.8. The van der Waals surface area contributed by atoms with Crippen LogP contribution in [0.15, 0.2) is 24.3 Å². The molecule has 1 fully saturated rings. The molecular formula is C17H23ClN2O3. The number of amides is 2. The molecule has 1 aromatic carbocycles. The van der Waals surface area contributed by atoms with Crippen molar-refractivity contribution in [1.82, 2.24) is 9.80 Å². The third-order valence-corrected chi connectivity index (χ3v) is 3.76. The second-order valence-electron chi connectivity index (χ2n) is 6.65. The quantitative estimate of drug-likeness (QED) is 0.833. The van der Waals surface area contributed by atoms with Crippen LogP contribution in [0.4, 0.5) is 4.79 Å². The molecule has 5 nitrogen and oxygen atoms in total. The summed E-state index contributed by atoms with van der Waals surface area (Å²) in [5.41, 5.74) is 0.397. The summed E-state index contributed by atoms with van der Waals surface area (Å²) in [4.78, 5) is 27.8. The first-order chi connectivity index (χ1) is 10.7. The van der Waals surface area contributed by atoms with Gasteiger partial charge in [0.15, 0.2) is 0 Å². The van der Waals surface area contributed by atoms with Gasteiger partial charge in [-0.2, -0.15) is 0 Å². The molecule has 0 saturated carbocycles. The molecule has 126 valence electrons. The lowest BCUT2D eigenvalue weighted by molar-refractivity contribution is -0.132. The number of carbonyl (C=O) groups excluding carboxylic acids is 2. The van der Waals surface area contributed by atoms with Gasteiger partial charge < -0.3 is 14.5 Å². The number of carbonyl (C=O) groups is 2. The maximum atomic E-state index is 12.3. The third kappa shape index (κ3) is 5.43. The van der Waals surface area contributed by atoms with E-state index < -0.39 is 5.60 Å². The Labute approximate surface area is 142 Å². The fraction of sp³-hybridized carbons (Fsp3) is 0.529. The van der Waals surface area contributed by atoms with Crippen molar-refractivity contribution < 1.29 is 14.3 Å². The molecule has 0 atom stereocenters. The molecule has 1 aliphatic rings. The zero-order chi connectivity index (χ0) is 17.0. The van der Waals surface area contributed by atoms with E-state index in [1.807, 2.05) is 32.9 Å². The lowest BCUT2D eigenvalue weighted by Gasteiger charge is -2.35. The summed E-state index contributed by atoms with van der Waals surface area (Å²) in [6, 6.07) is 7.32. The van der Waals surface area contributed by atoms with Gasteiger partial charge in [0, 0.05) is 31.2 Å². The van der Waals surface area contributed by atoms with Gasteiger partial charge in [-0.15, -0.1) is 0 Å². The van der Waals surface area contributed by atoms with Gasteiger partial charge in [-0.1, -0.05) is 23.7 Å². The van der Waals surface area contributed by atoms with E-state index in [2.05, 4.69) is 0 Å². The van der Waals surface area contributed by atoms with E-state index in [1.165, 1.54) is 0 Å². The zero-order valence-corrected chi connectivity index (χ0v) is 14.6. The molecule has 0 unspecified atom stereocenters. The smallest absolute Gasteiger partial charge is 0.410 e. The Morgan fingerprint density at radius 2 is 1.74 bits per heavy atom. The number of halogens is 1.